The third-order valence-electron chi connectivity index (χ3n) is 8.01. The van der Waals surface area contributed by atoms with Crippen LogP contribution in [0.5, 0.6) is 5.75 Å². The third-order valence-corrected chi connectivity index (χ3v) is 8.01. The van der Waals surface area contributed by atoms with E-state index in [0.717, 1.165) is 74.9 Å². The lowest BCUT2D eigenvalue weighted by Gasteiger charge is -2.25. The number of ether oxygens (including phenoxy) is 3. The van der Waals surface area contributed by atoms with Gasteiger partial charge in [0.25, 0.3) is 0 Å². The van der Waals surface area contributed by atoms with Gasteiger partial charge in [-0.1, -0.05) is 12.1 Å². The molecule has 10 nitrogen and oxygen atoms in total. The molecule has 3 unspecified atom stereocenters. The number of carbonyl (C=O) groups is 1. The Morgan fingerprint density at radius 1 is 1.23 bits per heavy atom. The van der Waals surface area contributed by atoms with Gasteiger partial charge in [0.15, 0.2) is 5.82 Å². The van der Waals surface area contributed by atoms with Crippen LogP contribution in [-0.4, -0.2) is 98.4 Å². The number of carbonyl (C=O) groups excluding carboxylic acids is 1. The molecule has 0 aliphatic carbocycles. The highest BCUT2D eigenvalue weighted by atomic mass is 16.6. The maximum Gasteiger partial charge on any atom is 0.409 e. The Morgan fingerprint density at radius 3 is 2.72 bits per heavy atom. The molecule has 3 fully saturated rings. The van der Waals surface area contributed by atoms with Gasteiger partial charge in [0.05, 0.1) is 6.61 Å². The fraction of sp³-hybridized carbons (Fsp3) is 0.621. The molecule has 5 rings (SSSR count). The molecule has 39 heavy (non-hydrogen) atoms. The summed E-state index contributed by atoms with van der Waals surface area (Å²) in [4.78, 5) is 26.6. The Bertz CT molecular complexity index is 1130. The average Bonchev–Trinajstić information content (AvgIpc) is 3.67. The number of fused-ring (bicyclic) bond motifs is 1. The van der Waals surface area contributed by atoms with Crippen LogP contribution >= 0.6 is 0 Å². The summed E-state index contributed by atoms with van der Waals surface area (Å²) in [6.45, 7) is 9.78. The number of hydrogen-bond acceptors (Lipinski definition) is 9. The zero-order valence-corrected chi connectivity index (χ0v) is 23.3. The number of nitrogens with one attached hydrogen (secondary N) is 1. The number of nitrogens with zero attached hydrogens (tertiary/aromatic N) is 4. The molecular formula is C29H41N5O5. The minimum absolute atomic E-state index is 0.205. The first-order chi connectivity index (χ1) is 18.9. The highest BCUT2D eigenvalue weighted by Gasteiger charge is 2.43. The summed E-state index contributed by atoms with van der Waals surface area (Å²) in [5.41, 5.74) is 3.07. The van der Waals surface area contributed by atoms with E-state index >= 15 is 0 Å². The van der Waals surface area contributed by atoms with E-state index in [1.165, 1.54) is 0 Å². The van der Waals surface area contributed by atoms with Gasteiger partial charge in [0.1, 0.15) is 24.3 Å². The summed E-state index contributed by atoms with van der Waals surface area (Å²) in [6, 6.07) is 7.77. The maximum absolute atomic E-state index is 12.3. The van der Waals surface area contributed by atoms with Gasteiger partial charge in [-0.3, -0.25) is 0 Å². The van der Waals surface area contributed by atoms with Crippen LogP contribution in [0.15, 0.2) is 24.3 Å². The van der Waals surface area contributed by atoms with Crippen molar-refractivity contribution < 1.29 is 24.1 Å². The van der Waals surface area contributed by atoms with Crippen LogP contribution in [0.4, 0.5) is 10.6 Å². The second-order valence-corrected chi connectivity index (χ2v) is 11.0. The van der Waals surface area contributed by atoms with E-state index in [-0.39, 0.29) is 12.7 Å². The van der Waals surface area contributed by atoms with Crippen molar-refractivity contribution in [2.75, 3.05) is 71.1 Å². The number of aliphatic hydroxyl groups excluding tert-OH is 1. The number of anilines is 1. The second kappa shape index (κ2) is 12.5. The first-order valence-corrected chi connectivity index (χ1v) is 14.1. The van der Waals surface area contributed by atoms with Crippen molar-refractivity contribution in [1.29, 1.82) is 0 Å². The Balaban J connectivity index is 1.39. The van der Waals surface area contributed by atoms with Crippen molar-refractivity contribution >= 4 is 11.9 Å². The predicted octanol–water partition coefficient (Wildman–Crippen LogP) is 2.51. The van der Waals surface area contributed by atoms with Crippen molar-refractivity contribution in [2.24, 2.45) is 17.8 Å². The Hall–Kier alpha value is -2.95. The SMILES string of the molecule is CCOC(=O)N1CC2CN(c3nc(-c4cccc(OCC(O)CNC)c4)nc(C[C@@H]4CCOC4)c3C)CC2C1. The molecule has 0 bridgehead atoms. The van der Waals surface area contributed by atoms with Crippen LogP contribution in [0, 0.1) is 24.7 Å². The molecule has 1 aromatic heterocycles. The van der Waals surface area contributed by atoms with Gasteiger partial charge in [-0.2, -0.15) is 0 Å². The van der Waals surface area contributed by atoms with Crippen molar-refractivity contribution in [1.82, 2.24) is 20.2 Å². The number of amides is 1. The minimum atomic E-state index is -0.588. The highest BCUT2D eigenvalue weighted by Crippen LogP contribution is 2.37. The van der Waals surface area contributed by atoms with Gasteiger partial charge < -0.3 is 34.4 Å². The first kappa shape index (κ1) is 27.6. The molecule has 2 aromatic rings. The molecular weight excluding hydrogens is 498 g/mol. The van der Waals surface area contributed by atoms with E-state index in [1.807, 2.05) is 36.1 Å². The predicted molar refractivity (Wildman–Crippen MR) is 148 cm³/mol. The van der Waals surface area contributed by atoms with Crippen LogP contribution in [0.25, 0.3) is 11.4 Å². The Labute approximate surface area is 230 Å². The highest BCUT2D eigenvalue weighted by molar-refractivity contribution is 5.68. The van der Waals surface area contributed by atoms with Gasteiger partial charge in [0, 0.05) is 74.6 Å². The lowest BCUT2D eigenvalue weighted by Crippen LogP contribution is -2.34. The first-order valence-electron chi connectivity index (χ1n) is 14.1. The number of likely N-dealkylation sites (tertiary alicyclic amines) is 1. The standard InChI is InChI=1S/C29H41N5O5/c1-4-38-29(36)34-15-22-13-33(14-23(22)16-34)28-19(2)26(10-20-8-9-37-17-20)31-27(32-28)21-6-5-7-25(11-21)39-18-24(35)12-30-3/h5-7,11,20,22-24,30,35H,4,8-10,12-18H2,1-3H3/t20-,22?,23?,24?/m0/s1. The molecule has 4 heterocycles. The van der Waals surface area contributed by atoms with E-state index < -0.39 is 6.10 Å². The molecule has 3 aliphatic rings. The Morgan fingerprint density at radius 2 is 2.03 bits per heavy atom. The molecule has 0 saturated carbocycles. The van der Waals surface area contributed by atoms with E-state index in [4.69, 9.17) is 24.2 Å². The normalized spacial score (nSPS) is 23.2. The van der Waals surface area contributed by atoms with Gasteiger partial charge in [0.2, 0.25) is 0 Å². The van der Waals surface area contributed by atoms with Crippen molar-refractivity contribution in [3.8, 4) is 17.1 Å². The molecule has 0 radical (unpaired) electrons. The summed E-state index contributed by atoms with van der Waals surface area (Å²) >= 11 is 0. The maximum atomic E-state index is 12.3. The number of benzene rings is 1. The van der Waals surface area contributed by atoms with Crippen LogP contribution in [0.1, 0.15) is 24.6 Å². The quantitative estimate of drug-likeness (QED) is 0.471. The summed E-state index contributed by atoms with van der Waals surface area (Å²) in [7, 11) is 1.80. The lowest BCUT2D eigenvalue weighted by atomic mass is 9.99. The minimum Gasteiger partial charge on any atom is -0.491 e. The number of likely N-dealkylation sites (N-methyl/N-ethyl adjacent to an activating group) is 1. The van der Waals surface area contributed by atoms with Crippen LogP contribution in [0.3, 0.4) is 0 Å². The van der Waals surface area contributed by atoms with Crippen LogP contribution < -0.4 is 15.0 Å². The summed E-state index contributed by atoms with van der Waals surface area (Å²) in [5, 5.41) is 13.0. The fourth-order valence-corrected chi connectivity index (χ4v) is 5.95. The van der Waals surface area contributed by atoms with Gasteiger partial charge in [-0.15, -0.1) is 0 Å². The summed E-state index contributed by atoms with van der Waals surface area (Å²) < 4.78 is 16.7. The van der Waals surface area contributed by atoms with E-state index in [1.54, 1.807) is 7.05 Å². The molecule has 2 N–H and O–H groups in total. The van der Waals surface area contributed by atoms with Crippen LogP contribution in [-0.2, 0) is 15.9 Å². The number of aromatic nitrogens is 2. The second-order valence-electron chi connectivity index (χ2n) is 11.0. The molecule has 3 aliphatic heterocycles. The molecule has 4 atom stereocenters. The van der Waals surface area contributed by atoms with E-state index in [0.29, 0.717) is 42.5 Å². The summed E-state index contributed by atoms with van der Waals surface area (Å²) in [6.07, 6.45) is 1.11. The Kier molecular flexibility index (Phi) is 8.84. The topological polar surface area (TPSA) is 109 Å². The van der Waals surface area contributed by atoms with Gasteiger partial charge in [-0.05, 0) is 51.8 Å². The smallest absolute Gasteiger partial charge is 0.409 e. The van der Waals surface area contributed by atoms with Gasteiger partial charge in [-0.25, -0.2) is 14.8 Å². The van der Waals surface area contributed by atoms with Gasteiger partial charge >= 0.3 is 6.09 Å². The molecule has 212 valence electrons. The van der Waals surface area contributed by atoms with Crippen molar-refractivity contribution in [3.63, 3.8) is 0 Å². The molecule has 1 amide bonds. The van der Waals surface area contributed by atoms with Crippen LogP contribution in [0.2, 0.25) is 0 Å². The zero-order chi connectivity index (χ0) is 27.4. The molecule has 0 spiro atoms. The third kappa shape index (κ3) is 6.45. The molecule has 1 aromatic carbocycles. The molecule has 3 saturated heterocycles. The number of aliphatic hydroxyl groups is 1. The summed E-state index contributed by atoms with van der Waals surface area (Å²) in [5.74, 6) is 3.59. The van der Waals surface area contributed by atoms with Crippen molar-refractivity contribution in [3.05, 3.63) is 35.5 Å². The monoisotopic (exact) mass is 539 g/mol. The average molecular weight is 540 g/mol. The van der Waals surface area contributed by atoms with E-state index in [9.17, 15) is 9.90 Å². The molecule has 10 heteroatoms. The lowest BCUT2D eigenvalue weighted by molar-refractivity contribution is 0.108. The largest absolute Gasteiger partial charge is 0.491 e. The zero-order valence-electron chi connectivity index (χ0n) is 23.3. The fourth-order valence-electron chi connectivity index (χ4n) is 5.95. The van der Waals surface area contributed by atoms with Crippen molar-refractivity contribution in [2.45, 2.75) is 32.8 Å². The number of rotatable bonds is 10. The number of hydrogen-bond donors (Lipinski definition) is 2. The van der Waals surface area contributed by atoms with E-state index in [2.05, 4.69) is 17.1 Å².